The van der Waals surface area contributed by atoms with Crippen molar-refractivity contribution in [2.45, 2.75) is 64.5 Å². The monoisotopic (exact) mass is 282 g/mol. The van der Waals surface area contributed by atoms with Crippen molar-refractivity contribution in [3.8, 4) is 0 Å². The fourth-order valence-corrected chi connectivity index (χ4v) is 3.85. The molecule has 4 heteroatoms. The molecular formula is C16H30N2O2. The van der Waals surface area contributed by atoms with Gasteiger partial charge in [0.1, 0.15) is 0 Å². The first-order valence-electron chi connectivity index (χ1n) is 8.28. The van der Waals surface area contributed by atoms with Crippen LogP contribution in [0.15, 0.2) is 0 Å². The Hall–Kier alpha value is -0.610. The summed E-state index contributed by atoms with van der Waals surface area (Å²) in [5.74, 6) is 1.01. The molecule has 2 unspecified atom stereocenters. The highest BCUT2D eigenvalue weighted by Crippen LogP contribution is 2.35. The van der Waals surface area contributed by atoms with E-state index in [-0.39, 0.29) is 12.5 Å². The Bertz CT molecular complexity index is 318. The van der Waals surface area contributed by atoms with Crippen LogP contribution in [0, 0.1) is 5.92 Å². The molecule has 0 aromatic carbocycles. The minimum Gasteiger partial charge on any atom is -0.395 e. The Morgan fingerprint density at radius 3 is 2.65 bits per heavy atom. The highest BCUT2D eigenvalue weighted by Gasteiger charge is 2.35. The average Bonchev–Trinajstić information content (AvgIpc) is 2.46. The van der Waals surface area contributed by atoms with Gasteiger partial charge in [-0.15, -0.1) is 0 Å². The molecule has 1 aliphatic heterocycles. The molecule has 2 fully saturated rings. The molecule has 2 aliphatic rings. The number of amides is 1. The molecule has 1 saturated carbocycles. The summed E-state index contributed by atoms with van der Waals surface area (Å²) in [5.41, 5.74) is 0. The number of rotatable bonds is 5. The molecule has 0 aromatic heterocycles. The molecule has 0 spiro atoms. The number of carbonyl (C=O) groups is 1. The Morgan fingerprint density at radius 2 is 1.95 bits per heavy atom. The van der Waals surface area contributed by atoms with Gasteiger partial charge in [0.15, 0.2) is 0 Å². The zero-order valence-electron chi connectivity index (χ0n) is 13.1. The number of piperidine rings is 1. The molecule has 1 aliphatic carbocycles. The summed E-state index contributed by atoms with van der Waals surface area (Å²) in [6.07, 6.45) is 7.58. The third kappa shape index (κ3) is 3.73. The molecule has 2 rings (SSSR count). The van der Waals surface area contributed by atoms with E-state index < -0.39 is 0 Å². The van der Waals surface area contributed by atoms with Crippen molar-refractivity contribution >= 4 is 5.91 Å². The molecule has 0 aromatic rings. The molecule has 2 atom stereocenters. The minimum atomic E-state index is 0.123. The van der Waals surface area contributed by atoms with Crippen LogP contribution in [-0.4, -0.2) is 59.1 Å². The number of fused-ring (bicyclic) bond motifs is 1. The Labute approximate surface area is 123 Å². The third-order valence-corrected chi connectivity index (χ3v) is 5.02. The lowest BCUT2D eigenvalue weighted by molar-refractivity contribution is -0.139. The summed E-state index contributed by atoms with van der Waals surface area (Å²) in [6.45, 7) is 6.28. The molecule has 1 saturated heterocycles. The van der Waals surface area contributed by atoms with Crippen molar-refractivity contribution in [1.82, 2.24) is 9.80 Å². The fraction of sp³-hybridized carbons (Fsp3) is 0.938. The normalized spacial score (nSPS) is 26.9. The number of hydrogen-bond acceptors (Lipinski definition) is 3. The van der Waals surface area contributed by atoms with Crippen LogP contribution in [-0.2, 0) is 4.79 Å². The molecule has 1 heterocycles. The minimum absolute atomic E-state index is 0.123. The van der Waals surface area contributed by atoms with Crippen LogP contribution < -0.4 is 0 Å². The van der Waals surface area contributed by atoms with Crippen molar-refractivity contribution in [3.63, 3.8) is 0 Å². The van der Waals surface area contributed by atoms with E-state index in [9.17, 15) is 4.79 Å². The van der Waals surface area contributed by atoms with Gasteiger partial charge in [0.2, 0.25) is 5.91 Å². The van der Waals surface area contributed by atoms with Gasteiger partial charge in [-0.3, -0.25) is 9.69 Å². The van der Waals surface area contributed by atoms with E-state index in [2.05, 4.69) is 23.6 Å². The van der Waals surface area contributed by atoms with E-state index in [4.69, 9.17) is 5.11 Å². The van der Waals surface area contributed by atoms with Gasteiger partial charge in [0, 0.05) is 25.2 Å². The van der Waals surface area contributed by atoms with Crippen molar-refractivity contribution in [1.29, 1.82) is 0 Å². The predicted molar refractivity (Wildman–Crippen MR) is 80.5 cm³/mol. The summed E-state index contributed by atoms with van der Waals surface area (Å²) in [4.78, 5) is 16.9. The lowest BCUT2D eigenvalue weighted by Gasteiger charge is -2.45. The van der Waals surface area contributed by atoms with Crippen LogP contribution in [0.5, 0.6) is 0 Å². The van der Waals surface area contributed by atoms with E-state index in [1.165, 1.54) is 32.1 Å². The topological polar surface area (TPSA) is 43.8 Å². The Kier molecular flexibility index (Phi) is 5.85. The molecule has 20 heavy (non-hydrogen) atoms. The first-order valence-corrected chi connectivity index (χ1v) is 8.28. The number of nitrogens with zero attached hydrogens (tertiary/aromatic N) is 2. The largest absolute Gasteiger partial charge is 0.395 e. The maximum Gasteiger partial charge on any atom is 0.237 e. The van der Waals surface area contributed by atoms with E-state index >= 15 is 0 Å². The van der Waals surface area contributed by atoms with Gasteiger partial charge in [-0.05, 0) is 45.4 Å². The second-order valence-corrected chi connectivity index (χ2v) is 6.63. The second kappa shape index (κ2) is 7.41. The zero-order valence-corrected chi connectivity index (χ0v) is 13.1. The fourth-order valence-electron chi connectivity index (χ4n) is 3.85. The van der Waals surface area contributed by atoms with E-state index in [1.807, 2.05) is 0 Å². The number of hydrogen-bond donors (Lipinski definition) is 1. The highest BCUT2D eigenvalue weighted by molar-refractivity contribution is 5.78. The Balaban J connectivity index is 1.96. The molecular weight excluding hydrogens is 252 g/mol. The van der Waals surface area contributed by atoms with E-state index in [0.717, 1.165) is 18.9 Å². The van der Waals surface area contributed by atoms with Gasteiger partial charge in [0.25, 0.3) is 0 Å². The van der Waals surface area contributed by atoms with Crippen LogP contribution in [0.4, 0.5) is 0 Å². The predicted octanol–water partition coefficient (Wildman–Crippen LogP) is 1.87. The molecule has 116 valence electrons. The second-order valence-electron chi connectivity index (χ2n) is 6.63. The van der Waals surface area contributed by atoms with Gasteiger partial charge < -0.3 is 10.0 Å². The number of aliphatic hydroxyl groups is 1. The number of aliphatic hydroxyl groups excluding tert-OH is 1. The summed E-state index contributed by atoms with van der Waals surface area (Å²) >= 11 is 0. The van der Waals surface area contributed by atoms with Crippen LogP contribution in [0.3, 0.4) is 0 Å². The zero-order chi connectivity index (χ0) is 14.5. The van der Waals surface area contributed by atoms with Crippen molar-refractivity contribution < 1.29 is 9.90 Å². The number of carbonyl (C=O) groups excluding carboxylic acids is 1. The van der Waals surface area contributed by atoms with Gasteiger partial charge in [0.05, 0.1) is 13.2 Å². The summed E-state index contributed by atoms with van der Waals surface area (Å²) in [6, 6.07) is 0.797. The molecule has 4 nitrogen and oxygen atoms in total. The van der Waals surface area contributed by atoms with Crippen LogP contribution in [0.2, 0.25) is 0 Å². The average molecular weight is 282 g/mol. The van der Waals surface area contributed by atoms with Crippen LogP contribution in [0.1, 0.15) is 52.4 Å². The van der Waals surface area contributed by atoms with E-state index in [0.29, 0.717) is 25.2 Å². The quantitative estimate of drug-likeness (QED) is 0.837. The van der Waals surface area contributed by atoms with Gasteiger partial charge >= 0.3 is 0 Å². The first-order chi connectivity index (χ1) is 9.63. The van der Waals surface area contributed by atoms with Crippen LogP contribution >= 0.6 is 0 Å². The third-order valence-electron chi connectivity index (χ3n) is 5.02. The molecule has 1 amide bonds. The van der Waals surface area contributed by atoms with Crippen molar-refractivity contribution in [3.05, 3.63) is 0 Å². The molecule has 0 bridgehead atoms. The maximum absolute atomic E-state index is 12.6. The Morgan fingerprint density at radius 1 is 1.25 bits per heavy atom. The van der Waals surface area contributed by atoms with E-state index in [1.54, 1.807) is 0 Å². The van der Waals surface area contributed by atoms with Crippen LogP contribution in [0.25, 0.3) is 0 Å². The lowest BCUT2D eigenvalue weighted by atomic mass is 9.78. The molecule has 1 N–H and O–H groups in total. The highest BCUT2D eigenvalue weighted by atomic mass is 16.3. The van der Waals surface area contributed by atoms with Gasteiger partial charge in [-0.1, -0.05) is 12.8 Å². The maximum atomic E-state index is 12.6. The van der Waals surface area contributed by atoms with Crippen molar-refractivity contribution in [2.24, 2.45) is 5.92 Å². The van der Waals surface area contributed by atoms with Gasteiger partial charge in [-0.2, -0.15) is 0 Å². The summed E-state index contributed by atoms with van der Waals surface area (Å²) in [5, 5.41) is 9.13. The number of likely N-dealkylation sites (tertiary alicyclic amines) is 1. The standard InChI is InChI=1S/C16H30N2O2/c1-13(2)17(10-11-19)12-16(20)18-9-5-7-14-6-3-4-8-15(14)18/h13-15,19H,3-12H2,1-2H3. The first kappa shape index (κ1) is 15.8. The summed E-state index contributed by atoms with van der Waals surface area (Å²) in [7, 11) is 0. The lowest BCUT2D eigenvalue weighted by Crippen LogP contribution is -2.53. The van der Waals surface area contributed by atoms with Crippen molar-refractivity contribution in [2.75, 3.05) is 26.2 Å². The smallest absolute Gasteiger partial charge is 0.237 e. The summed E-state index contributed by atoms with van der Waals surface area (Å²) < 4.78 is 0. The van der Waals surface area contributed by atoms with Gasteiger partial charge in [-0.25, -0.2) is 0 Å². The SMILES string of the molecule is CC(C)N(CCO)CC(=O)N1CCCC2CCCCC21. The molecule has 0 radical (unpaired) electrons.